The summed E-state index contributed by atoms with van der Waals surface area (Å²) in [6.45, 7) is 0. The zero-order chi connectivity index (χ0) is 21.2. The second-order valence-electron chi connectivity index (χ2n) is 7.67. The van der Waals surface area contributed by atoms with Crippen LogP contribution < -0.4 is 10.6 Å². The molecule has 0 radical (unpaired) electrons. The zero-order valence-electron chi connectivity index (χ0n) is 16.7. The number of aromatic nitrogens is 2. The van der Waals surface area contributed by atoms with Gasteiger partial charge in [-0.3, -0.25) is 14.6 Å². The van der Waals surface area contributed by atoms with E-state index in [9.17, 15) is 9.59 Å². The highest BCUT2D eigenvalue weighted by Gasteiger charge is 2.44. The van der Waals surface area contributed by atoms with E-state index in [1.165, 1.54) is 0 Å². The van der Waals surface area contributed by atoms with E-state index in [0.717, 1.165) is 28.4 Å². The summed E-state index contributed by atoms with van der Waals surface area (Å²) in [5, 5.41) is 7.88. The van der Waals surface area contributed by atoms with Crippen LogP contribution in [0.2, 0.25) is 0 Å². The fourth-order valence-electron chi connectivity index (χ4n) is 3.78. The molecule has 0 spiro atoms. The molecule has 1 saturated carbocycles. The maximum absolute atomic E-state index is 12.7. The van der Waals surface area contributed by atoms with Crippen LogP contribution in [0, 0.1) is 5.92 Å². The van der Waals surface area contributed by atoms with Gasteiger partial charge in [0.1, 0.15) is 5.82 Å². The van der Waals surface area contributed by atoms with Crippen molar-refractivity contribution in [1.29, 1.82) is 0 Å². The maximum Gasteiger partial charge on any atom is 0.256 e. The van der Waals surface area contributed by atoms with Gasteiger partial charge in [-0.25, -0.2) is 4.98 Å². The molecule has 2 amide bonds. The van der Waals surface area contributed by atoms with E-state index in [1.807, 2.05) is 48.5 Å². The third kappa shape index (κ3) is 4.14. The molecule has 152 valence electrons. The number of nitrogens with one attached hydrogen (secondary N) is 2. The summed E-state index contributed by atoms with van der Waals surface area (Å²) < 4.78 is 0. The van der Waals surface area contributed by atoms with Crippen molar-refractivity contribution in [1.82, 2.24) is 9.97 Å². The smallest absolute Gasteiger partial charge is 0.256 e. The molecular weight excluding hydrogens is 388 g/mol. The molecule has 6 nitrogen and oxygen atoms in total. The third-order valence-electron chi connectivity index (χ3n) is 5.52. The number of benzene rings is 2. The average molecular weight is 408 g/mol. The molecule has 1 aliphatic carbocycles. The summed E-state index contributed by atoms with van der Waals surface area (Å²) in [6.07, 6.45) is 5.94. The first-order chi connectivity index (χ1) is 15.2. The number of anilines is 2. The summed E-state index contributed by atoms with van der Waals surface area (Å²) in [6, 6.07) is 20.5. The number of carbonyl (C=O) groups is 2. The second kappa shape index (κ2) is 7.99. The van der Waals surface area contributed by atoms with E-state index in [-0.39, 0.29) is 23.7 Å². The Morgan fingerprint density at radius 1 is 0.871 bits per heavy atom. The lowest BCUT2D eigenvalue weighted by Crippen LogP contribution is -2.15. The lowest BCUT2D eigenvalue weighted by atomic mass is 10.0. The highest BCUT2D eigenvalue weighted by Crippen LogP contribution is 2.48. The molecule has 1 fully saturated rings. The largest absolute Gasteiger partial charge is 0.326 e. The molecule has 4 aromatic rings. The van der Waals surface area contributed by atoms with Crippen LogP contribution >= 0.6 is 0 Å². The Bertz CT molecular complexity index is 1270. The molecule has 5 rings (SSSR count). The number of carbonyl (C=O) groups excluding carboxylic acids is 2. The standard InChI is InChI=1S/C25H20N4O2/c30-24(29-23-6-1-2-10-27-23)18-5-3-4-17(12-18)21-14-22(21)25(31)28-20-8-7-19-15-26-11-9-16(19)13-20/h1-13,15,21-22H,14H2,(H,28,31)(H,27,29,30)/t21-,22+/m0/s1. The van der Waals surface area contributed by atoms with Gasteiger partial charge in [0.15, 0.2) is 0 Å². The molecule has 0 unspecified atom stereocenters. The Labute approximate surface area is 179 Å². The van der Waals surface area contributed by atoms with Crippen molar-refractivity contribution in [3.05, 3.63) is 96.4 Å². The van der Waals surface area contributed by atoms with Crippen molar-refractivity contribution in [3.63, 3.8) is 0 Å². The van der Waals surface area contributed by atoms with Gasteiger partial charge < -0.3 is 10.6 Å². The molecule has 0 aliphatic heterocycles. The molecule has 2 aromatic heterocycles. The number of hydrogen-bond donors (Lipinski definition) is 2. The van der Waals surface area contributed by atoms with E-state index in [2.05, 4.69) is 20.6 Å². The third-order valence-corrected chi connectivity index (χ3v) is 5.52. The Morgan fingerprint density at radius 3 is 2.68 bits per heavy atom. The molecule has 2 atom stereocenters. The summed E-state index contributed by atoms with van der Waals surface area (Å²) >= 11 is 0. The number of hydrogen-bond acceptors (Lipinski definition) is 4. The van der Waals surface area contributed by atoms with Gasteiger partial charge in [0, 0.05) is 41.1 Å². The number of amides is 2. The van der Waals surface area contributed by atoms with Gasteiger partial charge in [-0.2, -0.15) is 0 Å². The lowest BCUT2D eigenvalue weighted by Gasteiger charge is -2.08. The first-order valence-electron chi connectivity index (χ1n) is 10.1. The summed E-state index contributed by atoms with van der Waals surface area (Å²) in [7, 11) is 0. The molecule has 2 heterocycles. The maximum atomic E-state index is 12.7. The predicted molar refractivity (Wildman–Crippen MR) is 120 cm³/mol. The van der Waals surface area contributed by atoms with Gasteiger partial charge in [0.2, 0.25) is 5.91 Å². The summed E-state index contributed by atoms with van der Waals surface area (Å²) in [4.78, 5) is 33.5. The topological polar surface area (TPSA) is 84.0 Å². The van der Waals surface area contributed by atoms with Gasteiger partial charge in [0.05, 0.1) is 0 Å². The number of fused-ring (bicyclic) bond motifs is 1. The van der Waals surface area contributed by atoms with Gasteiger partial charge in [-0.05, 0) is 65.8 Å². The van der Waals surface area contributed by atoms with Crippen LogP contribution in [0.5, 0.6) is 0 Å². The fourth-order valence-corrected chi connectivity index (χ4v) is 3.78. The molecule has 6 heteroatoms. The monoisotopic (exact) mass is 408 g/mol. The molecule has 1 aliphatic rings. The van der Waals surface area contributed by atoms with E-state index >= 15 is 0 Å². The fraction of sp³-hybridized carbons (Fsp3) is 0.120. The van der Waals surface area contributed by atoms with Crippen molar-refractivity contribution >= 4 is 34.1 Å². The lowest BCUT2D eigenvalue weighted by molar-refractivity contribution is -0.117. The van der Waals surface area contributed by atoms with Gasteiger partial charge in [-0.1, -0.05) is 24.3 Å². The van der Waals surface area contributed by atoms with Gasteiger partial charge in [0.25, 0.3) is 5.91 Å². The van der Waals surface area contributed by atoms with E-state index < -0.39 is 0 Å². The van der Waals surface area contributed by atoms with Crippen molar-refractivity contribution < 1.29 is 9.59 Å². The highest BCUT2D eigenvalue weighted by molar-refractivity contribution is 6.04. The van der Waals surface area contributed by atoms with Crippen LogP contribution in [-0.2, 0) is 4.79 Å². The van der Waals surface area contributed by atoms with E-state index in [0.29, 0.717) is 11.4 Å². The quantitative estimate of drug-likeness (QED) is 0.505. The normalized spacial score (nSPS) is 17.2. The first-order valence-corrected chi connectivity index (χ1v) is 10.1. The van der Waals surface area contributed by atoms with Gasteiger partial charge >= 0.3 is 0 Å². The van der Waals surface area contributed by atoms with Crippen LogP contribution in [0.15, 0.2) is 85.3 Å². The van der Waals surface area contributed by atoms with Crippen LogP contribution in [0.1, 0.15) is 28.3 Å². The van der Waals surface area contributed by atoms with Crippen LogP contribution in [0.3, 0.4) is 0 Å². The van der Waals surface area contributed by atoms with E-state index in [1.54, 1.807) is 36.8 Å². The van der Waals surface area contributed by atoms with Crippen LogP contribution in [0.25, 0.3) is 10.8 Å². The predicted octanol–water partition coefficient (Wildman–Crippen LogP) is 4.62. The minimum atomic E-state index is -0.215. The molecular formula is C25H20N4O2. The van der Waals surface area contributed by atoms with Crippen molar-refractivity contribution in [2.24, 2.45) is 5.92 Å². The molecule has 0 bridgehead atoms. The molecule has 31 heavy (non-hydrogen) atoms. The van der Waals surface area contributed by atoms with Crippen LogP contribution in [-0.4, -0.2) is 21.8 Å². The Kier molecular flexibility index (Phi) is 4.88. The number of nitrogens with zero attached hydrogens (tertiary/aromatic N) is 2. The van der Waals surface area contributed by atoms with Crippen molar-refractivity contribution in [2.45, 2.75) is 12.3 Å². The Balaban J connectivity index is 1.25. The Morgan fingerprint density at radius 2 is 1.81 bits per heavy atom. The number of pyridine rings is 2. The SMILES string of the molecule is O=C(Nc1ccccn1)c1cccc([C@@H]2C[C@H]2C(=O)Nc2ccc3cnccc3c2)c1. The summed E-state index contributed by atoms with van der Waals surface area (Å²) in [5.74, 6) is 0.317. The van der Waals surface area contributed by atoms with Crippen molar-refractivity contribution in [2.75, 3.05) is 10.6 Å². The van der Waals surface area contributed by atoms with E-state index in [4.69, 9.17) is 0 Å². The average Bonchev–Trinajstić information content (AvgIpc) is 3.61. The first kappa shape index (κ1) is 18.9. The summed E-state index contributed by atoms with van der Waals surface area (Å²) in [5.41, 5.74) is 2.33. The number of rotatable bonds is 5. The highest BCUT2D eigenvalue weighted by atomic mass is 16.2. The van der Waals surface area contributed by atoms with Crippen LogP contribution in [0.4, 0.5) is 11.5 Å². The van der Waals surface area contributed by atoms with Crippen molar-refractivity contribution in [3.8, 4) is 0 Å². The minimum absolute atomic E-state index is 0.00162. The second-order valence-corrected chi connectivity index (χ2v) is 7.67. The molecule has 2 aromatic carbocycles. The molecule has 0 saturated heterocycles. The minimum Gasteiger partial charge on any atom is -0.326 e. The molecule has 2 N–H and O–H groups in total. The van der Waals surface area contributed by atoms with Gasteiger partial charge in [-0.15, -0.1) is 0 Å². The Hall–Kier alpha value is -4.06. The zero-order valence-corrected chi connectivity index (χ0v) is 16.7.